The van der Waals surface area contributed by atoms with E-state index in [0.29, 0.717) is 17.3 Å². The molecule has 0 unspecified atom stereocenters. The van der Waals surface area contributed by atoms with E-state index in [1.165, 1.54) is 17.6 Å². The van der Waals surface area contributed by atoms with Crippen molar-refractivity contribution in [2.75, 3.05) is 6.61 Å². The maximum Gasteiger partial charge on any atom is 0.344 e. The lowest BCUT2D eigenvalue weighted by Gasteiger charge is -2.10. The zero-order valence-electron chi connectivity index (χ0n) is 13.4. The van der Waals surface area contributed by atoms with Crippen molar-refractivity contribution < 1.29 is 18.7 Å². The van der Waals surface area contributed by atoms with Crippen LogP contribution in [0, 0.1) is 13.8 Å². The summed E-state index contributed by atoms with van der Waals surface area (Å²) in [6.45, 7) is 3.87. The van der Waals surface area contributed by atoms with Crippen LogP contribution in [0.1, 0.15) is 16.8 Å². The summed E-state index contributed by atoms with van der Waals surface area (Å²) in [4.78, 5) is 17.0. The molecule has 0 amide bonds. The van der Waals surface area contributed by atoms with E-state index in [1.54, 1.807) is 0 Å². The topological polar surface area (TPSA) is 61.6 Å². The Labute approximate surface area is 143 Å². The number of rotatable bonds is 6. The van der Waals surface area contributed by atoms with Crippen LogP contribution in [0.25, 0.3) is 10.8 Å². The molecule has 24 heavy (non-hydrogen) atoms. The minimum atomic E-state index is -0.448. The van der Waals surface area contributed by atoms with Gasteiger partial charge in [-0.1, -0.05) is 18.2 Å². The van der Waals surface area contributed by atoms with Crippen LogP contribution in [0.2, 0.25) is 0 Å². The Kier molecular flexibility index (Phi) is 4.96. The van der Waals surface area contributed by atoms with Gasteiger partial charge in [0.15, 0.2) is 6.61 Å². The fraction of sp³-hybridized carbons (Fsp3) is 0.222. The molecule has 3 rings (SSSR count). The van der Waals surface area contributed by atoms with Crippen LogP contribution in [-0.4, -0.2) is 17.6 Å². The smallest absolute Gasteiger partial charge is 0.344 e. The number of benzene rings is 1. The first-order valence-corrected chi connectivity index (χ1v) is 8.34. The summed E-state index contributed by atoms with van der Waals surface area (Å²) >= 11 is 1.54. The van der Waals surface area contributed by atoms with Gasteiger partial charge in [0.2, 0.25) is 5.89 Å². The molecular weight excluding hydrogens is 326 g/mol. The van der Waals surface area contributed by atoms with Crippen LogP contribution < -0.4 is 4.74 Å². The molecule has 0 aliphatic heterocycles. The molecule has 3 aromatic rings. The number of thiophene rings is 1. The number of hydrogen-bond donors (Lipinski definition) is 0. The van der Waals surface area contributed by atoms with E-state index in [0.717, 1.165) is 16.0 Å². The van der Waals surface area contributed by atoms with Crippen molar-refractivity contribution in [1.82, 2.24) is 4.98 Å². The Hall–Kier alpha value is -2.60. The number of nitrogens with zero attached hydrogens (tertiary/aromatic N) is 1. The van der Waals surface area contributed by atoms with Gasteiger partial charge in [-0.05, 0) is 42.5 Å². The summed E-state index contributed by atoms with van der Waals surface area (Å²) in [7, 11) is 0. The summed E-state index contributed by atoms with van der Waals surface area (Å²) in [6.07, 6.45) is 1.49. The summed E-state index contributed by atoms with van der Waals surface area (Å²) in [5.41, 5.74) is 2.70. The summed E-state index contributed by atoms with van der Waals surface area (Å²) in [6, 6.07) is 9.57. The van der Waals surface area contributed by atoms with E-state index >= 15 is 0 Å². The second-order valence-electron chi connectivity index (χ2n) is 5.27. The van der Waals surface area contributed by atoms with Crippen LogP contribution in [0.4, 0.5) is 0 Å². The molecule has 0 saturated heterocycles. The lowest BCUT2D eigenvalue weighted by atomic mass is 10.1. The molecule has 2 heterocycles. The minimum absolute atomic E-state index is 0.0594. The number of carbonyl (C=O) groups excluding carboxylic acids is 1. The number of aromatic nitrogens is 1. The predicted molar refractivity (Wildman–Crippen MR) is 91.0 cm³/mol. The highest BCUT2D eigenvalue weighted by Gasteiger charge is 2.11. The molecule has 0 N–H and O–H groups in total. The van der Waals surface area contributed by atoms with Gasteiger partial charge in [-0.25, -0.2) is 9.78 Å². The fourth-order valence-corrected chi connectivity index (χ4v) is 2.76. The molecule has 0 aliphatic carbocycles. The predicted octanol–water partition coefficient (Wildman–Crippen LogP) is 4.14. The third-order valence-electron chi connectivity index (χ3n) is 3.57. The third-order valence-corrected chi connectivity index (χ3v) is 4.42. The highest BCUT2D eigenvalue weighted by Crippen LogP contribution is 2.24. The highest BCUT2D eigenvalue weighted by atomic mass is 32.1. The molecule has 1 aromatic carbocycles. The van der Waals surface area contributed by atoms with Gasteiger partial charge in [0.1, 0.15) is 24.3 Å². The first kappa shape index (κ1) is 16.3. The second-order valence-corrected chi connectivity index (χ2v) is 6.22. The molecule has 0 spiro atoms. The Bertz CT molecular complexity index is 823. The van der Waals surface area contributed by atoms with Gasteiger partial charge < -0.3 is 13.9 Å². The number of esters is 1. The van der Waals surface area contributed by atoms with Crippen LogP contribution in [0.5, 0.6) is 5.75 Å². The van der Waals surface area contributed by atoms with Gasteiger partial charge in [-0.15, -0.1) is 11.3 Å². The van der Waals surface area contributed by atoms with Gasteiger partial charge in [-0.2, -0.15) is 0 Å². The van der Waals surface area contributed by atoms with Crippen molar-refractivity contribution in [2.45, 2.75) is 20.5 Å². The number of oxazole rings is 1. The van der Waals surface area contributed by atoms with E-state index in [1.807, 2.05) is 49.6 Å². The van der Waals surface area contributed by atoms with Crippen molar-refractivity contribution in [3.8, 4) is 16.5 Å². The molecule has 0 radical (unpaired) electrons. The van der Waals surface area contributed by atoms with Crippen LogP contribution in [-0.2, 0) is 16.1 Å². The van der Waals surface area contributed by atoms with Gasteiger partial charge in [0.25, 0.3) is 0 Å². The van der Waals surface area contributed by atoms with E-state index in [-0.39, 0.29) is 13.2 Å². The fourth-order valence-electron chi connectivity index (χ4n) is 2.10. The number of aryl methyl sites for hydroxylation is 1. The number of ether oxygens (including phenoxy) is 2. The lowest BCUT2D eigenvalue weighted by molar-refractivity contribution is -0.147. The van der Waals surface area contributed by atoms with Crippen molar-refractivity contribution >= 4 is 17.3 Å². The van der Waals surface area contributed by atoms with E-state index in [2.05, 4.69) is 4.98 Å². The Morgan fingerprint density at radius 2 is 2.12 bits per heavy atom. The lowest BCUT2D eigenvalue weighted by Crippen LogP contribution is -2.15. The molecule has 6 heteroatoms. The van der Waals surface area contributed by atoms with Gasteiger partial charge in [0, 0.05) is 0 Å². The molecule has 0 bridgehead atoms. The van der Waals surface area contributed by atoms with Crippen LogP contribution in [0.3, 0.4) is 0 Å². The summed E-state index contributed by atoms with van der Waals surface area (Å²) in [5, 5.41) is 1.95. The van der Waals surface area contributed by atoms with Crippen LogP contribution in [0.15, 0.2) is 46.4 Å². The standard InChI is InChI=1S/C18H17NO4S/c1-12-5-3-6-15(13(12)2)21-11-17(20)22-9-14-10-23-18(19-14)16-7-4-8-24-16/h3-8,10H,9,11H2,1-2H3. The SMILES string of the molecule is Cc1cccc(OCC(=O)OCc2coc(-c3cccs3)n2)c1C. The summed E-state index contributed by atoms with van der Waals surface area (Å²) < 4.78 is 16.1. The van der Waals surface area contributed by atoms with Crippen molar-refractivity contribution in [3.63, 3.8) is 0 Å². The molecular formula is C18H17NO4S. The average molecular weight is 343 g/mol. The first-order valence-electron chi connectivity index (χ1n) is 7.46. The largest absolute Gasteiger partial charge is 0.482 e. The van der Waals surface area contributed by atoms with Crippen molar-refractivity contribution in [2.24, 2.45) is 0 Å². The average Bonchev–Trinajstić information content (AvgIpc) is 3.25. The normalized spacial score (nSPS) is 10.6. The summed E-state index contributed by atoms with van der Waals surface area (Å²) in [5.74, 6) is 0.771. The first-order chi connectivity index (χ1) is 11.6. The van der Waals surface area contributed by atoms with Crippen molar-refractivity contribution in [3.05, 3.63) is 58.8 Å². The van der Waals surface area contributed by atoms with Gasteiger partial charge >= 0.3 is 5.97 Å². The molecule has 5 nitrogen and oxygen atoms in total. The maximum absolute atomic E-state index is 11.8. The molecule has 2 aromatic heterocycles. The number of carbonyl (C=O) groups is 1. The van der Waals surface area contributed by atoms with E-state index < -0.39 is 5.97 Å². The molecule has 0 atom stereocenters. The molecule has 0 saturated carbocycles. The molecule has 0 aliphatic rings. The number of hydrogen-bond acceptors (Lipinski definition) is 6. The van der Waals surface area contributed by atoms with Gasteiger partial charge in [-0.3, -0.25) is 0 Å². The molecule has 124 valence electrons. The van der Waals surface area contributed by atoms with E-state index in [9.17, 15) is 4.79 Å². The minimum Gasteiger partial charge on any atom is -0.482 e. The Balaban J connectivity index is 1.50. The zero-order valence-corrected chi connectivity index (χ0v) is 14.3. The van der Waals surface area contributed by atoms with Gasteiger partial charge in [0.05, 0.1) is 4.88 Å². The third kappa shape index (κ3) is 3.83. The van der Waals surface area contributed by atoms with E-state index in [4.69, 9.17) is 13.9 Å². The Morgan fingerprint density at radius 1 is 1.25 bits per heavy atom. The maximum atomic E-state index is 11.8. The second kappa shape index (κ2) is 7.31. The zero-order chi connectivity index (χ0) is 16.9. The monoisotopic (exact) mass is 343 g/mol. The quantitative estimate of drug-likeness (QED) is 0.629. The Morgan fingerprint density at radius 3 is 2.92 bits per heavy atom. The van der Waals surface area contributed by atoms with Crippen LogP contribution >= 0.6 is 11.3 Å². The van der Waals surface area contributed by atoms with Crippen molar-refractivity contribution in [1.29, 1.82) is 0 Å². The highest BCUT2D eigenvalue weighted by molar-refractivity contribution is 7.13. The molecule has 0 fully saturated rings.